The molecular formula is C25H31NO7S. The highest BCUT2D eigenvalue weighted by Gasteiger charge is 2.41. The molecule has 0 aliphatic carbocycles. The van der Waals surface area contributed by atoms with Crippen LogP contribution in [-0.4, -0.2) is 55.3 Å². The van der Waals surface area contributed by atoms with E-state index in [4.69, 9.17) is 26.5 Å². The Balaban J connectivity index is 1.94. The number of rotatable bonds is 4. The average molecular weight is 499 g/mol. The van der Waals surface area contributed by atoms with Crippen LogP contribution in [0, 0.1) is 0 Å². The SMILES string of the molecule is [2H]c1c(O)cc(OC(C)C)cc1S(=O)(=O)c1c([2H])c([2H])c2c(c1[2H])OC1([2H])C([2H])N(C(=O)OC(C)(C)C)C([2H])C([2H])C21[2H]. The maximum atomic E-state index is 13.8. The average Bonchev–Trinajstić information content (AvgIpc) is 3.11. The second kappa shape index (κ2) is 8.69. The predicted molar refractivity (Wildman–Crippen MR) is 125 cm³/mol. The maximum absolute atomic E-state index is 13.8. The molecule has 1 N–H and O–H groups in total. The zero-order valence-corrected chi connectivity index (χ0v) is 20.0. The largest absolute Gasteiger partial charge is 0.508 e. The minimum absolute atomic E-state index is 0.136. The molecule has 34 heavy (non-hydrogen) atoms. The van der Waals surface area contributed by atoms with Crippen LogP contribution in [0.25, 0.3) is 0 Å². The molecule has 184 valence electrons. The molecule has 2 aliphatic heterocycles. The lowest BCUT2D eigenvalue weighted by Gasteiger charge is -2.35. The van der Waals surface area contributed by atoms with Crippen molar-refractivity contribution in [1.82, 2.24) is 4.90 Å². The van der Waals surface area contributed by atoms with Crippen LogP contribution < -0.4 is 9.47 Å². The quantitative estimate of drug-likeness (QED) is 0.662. The van der Waals surface area contributed by atoms with Crippen molar-refractivity contribution in [2.24, 2.45) is 0 Å². The Morgan fingerprint density at radius 3 is 2.71 bits per heavy atom. The van der Waals surface area contributed by atoms with E-state index in [0.29, 0.717) is 4.90 Å². The Kier molecular flexibility index (Phi) is 3.87. The van der Waals surface area contributed by atoms with Crippen molar-refractivity contribution >= 4 is 15.9 Å². The molecule has 4 rings (SSSR count). The third-order valence-corrected chi connectivity index (χ3v) is 6.04. The van der Waals surface area contributed by atoms with E-state index in [1.54, 1.807) is 13.8 Å². The van der Waals surface area contributed by atoms with Gasteiger partial charge in [0.05, 0.1) is 30.6 Å². The number of nitrogens with zero attached hydrogens (tertiary/aromatic N) is 1. The van der Waals surface area contributed by atoms with Gasteiger partial charge in [0.1, 0.15) is 28.9 Å². The Bertz CT molecular complexity index is 1620. The number of phenolic OH excluding ortho intramolecular Hbond substituents is 1. The summed E-state index contributed by atoms with van der Waals surface area (Å²) < 4.78 is 122. The molecule has 8 nitrogen and oxygen atoms in total. The molecule has 9 heteroatoms. The number of hydrogen-bond donors (Lipinski definition) is 1. The molecule has 2 aromatic carbocycles. The van der Waals surface area contributed by atoms with Gasteiger partial charge in [-0.1, -0.05) is 6.04 Å². The summed E-state index contributed by atoms with van der Waals surface area (Å²) in [6.07, 6.45) is -6.75. The minimum Gasteiger partial charge on any atom is -0.508 e. The fourth-order valence-electron chi connectivity index (χ4n) is 3.17. The molecular weight excluding hydrogens is 458 g/mol. The van der Waals surface area contributed by atoms with E-state index >= 15 is 0 Å². The van der Waals surface area contributed by atoms with Crippen LogP contribution in [0.3, 0.4) is 0 Å². The highest BCUT2D eigenvalue weighted by atomic mass is 32.2. The molecule has 1 amide bonds. The molecule has 1 saturated heterocycles. The highest BCUT2D eigenvalue weighted by Crippen LogP contribution is 2.44. The van der Waals surface area contributed by atoms with Gasteiger partial charge in [-0.2, -0.15) is 0 Å². The van der Waals surface area contributed by atoms with Crippen LogP contribution >= 0.6 is 0 Å². The van der Waals surface area contributed by atoms with Crippen LogP contribution in [0.2, 0.25) is 0 Å². The second-order valence-electron chi connectivity index (χ2n) is 8.86. The zero-order chi connectivity index (χ0) is 32.8. The summed E-state index contributed by atoms with van der Waals surface area (Å²) in [5.74, 6) is -4.57. The van der Waals surface area contributed by atoms with E-state index in [9.17, 15) is 18.3 Å². The third kappa shape index (κ3) is 4.94. The number of ether oxygens (including phenoxy) is 3. The summed E-state index contributed by atoms with van der Waals surface area (Å²) in [7, 11) is -5.05. The van der Waals surface area contributed by atoms with Crippen molar-refractivity contribution in [1.29, 1.82) is 0 Å². The first kappa shape index (κ1) is 15.1. The molecule has 0 aromatic heterocycles. The number of benzene rings is 2. The summed E-state index contributed by atoms with van der Waals surface area (Å²) >= 11 is 0. The first-order valence-electron chi connectivity index (χ1n) is 15.1. The molecule has 0 radical (unpaired) electrons. The number of aromatic hydroxyl groups is 1. The van der Waals surface area contributed by atoms with Crippen LogP contribution in [0.4, 0.5) is 4.79 Å². The van der Waals surface area contributed by atoms with Crippen molar-refractivity contribution in [3.05, 3.63) is 41.9 Å². The lowest BCUT2D eigenvalue weighted by molar-refractivity contribution is 0.00788. The van der Waals surface area contributed by atoms with Crippen LogP contribution in [0.1, 0.15) is 64.8 Å². The lowest BCUT2D eigenvalue weighted by Crippen LogP contribution is -2.47. The van der Waals surface area contributed by atoms with Crippen molar-refractivity contribution in [2.45, 2.75) is 74.5 Å². The fourth-order valence-corrected chi connectivity index (χ4v) is 4.32. The number of sulfone groups is 1. The number of amides is 1. The van der Waals surface area contributed by atoms with E-state index in [-0.39, 0.29) is 5.75 Å². The molecule has 2 aliphatic rings. The van der Waals surface area contributed by atoms with Crippen molar-refractivity contribution in [3.63, 3.8) is 0 Å². The van der Waals surface area contributed by atoms with Gasteiger partial charge in [0.15, 0.2) is 0 Å². The number of likely N-dealkylation sites (tertiary alicyclic amines) is 1. The number of phenols is 1. The van der Waals surface area contributed by atoms with Crippen LogP contribution in [0.15, 0.2) is 46.1 Å². The highest BCUT2D eigenvalue weighted by molar-refractivity contribution is 7.91. The number of carbonyl (C=O) groups is 1. The maximum Gasteiger partial charge on any atom is 0.410 e. The minimum atomic E-state index is -5.05. The van der Waals surface area contributed by atoms with Crippen molar-refractivity contribution < 1.29 is 44.9 Å². The summed E-state index contributed by atoms with van der Waals surface area (Å²) in [5, 5.41) is 10.2. The van der Waals surface area contributed by atoms with Crippen LogP contribution in [0.5, 0.6) is 17.2 Å². The summed E-state index contributed by atoms with van der Waals surface area (Å²) in [6, 6.07) is -2.19. The van der Waals surface area contributed by atoms with Gasteiger partial charge < -0.3 is 24.2 Å². The molecule has 2 aromatic rings. The summed E-state index contributed by atoms with van der Waals surface area (Å²) in [5.41, 5.74) is -1.81. The van der Waals surface area contributed by atoms with E-state index in [1.807, 2.05) is 0 Å². The van der Waals surface area contributed by atoms with E-state index in [0.717, 1.165) is 12.1 Å². The van der Waals surface area contributed by atoms with Gasteiger partial charge in [0.2, 0.25) is 9.84 Å². The van der Waals surface area contributed by atoms with Gasteiger partial charge in [-0.3, -0.25) is 0 Å². The molecule has 0 bridgehead atoms. The van der Waals surface area contributed by atoms with E-state index in [2.05, 4.69) is 0 Å². The van der Waals surface area contributed by atoms with Crippen molar-refractivity contribution in [2.75, 3.05) is 13.0 Å². The first-order valence-corrected chi connectivity index (χ1v) is 11.9. The number of hydrogen-bond acceptors (Lipinski definition) is 7. The summed E-state index contributed by atoms with van der Waals surface area (Å²) in [6.45, 7) is 3.61. The van der Waals surface area contributed by atoms with Gasteiger partial charge in [-0.25, -0.2) is 13.2 Å². The summed E-state index contributed by atoms with van der Waals surface area (Å²) in [4.78, 5) is 11.3. The predicted octanol–water partition coefficient (Wildman–Crippen LogP) is 4.50. The molecule has 2 heterocycles. The first-order chi connectivity index (χ1) is 19.5. The van der Waals surface area contributed by atoms with E-state index in [1.165, 1.54) is 20.8 Å². The van der Waals surface area contributed by atoms with Gasteiger partial charge in [-0.05, 0) is 65.2 Å². The number of fused-ring (bicyclic) bond motifs is 3. The van der Waals surface area contributed by atoms with E-state index < -0.39 is 110 Å². The normalized spacial score (nSPS) is 34.5. The monoisotopic (exact) mass is 498 g/mol. The second-order valence-corrected chi connectivity index (χ2v) is 10.7. The Morgan fingerprint density at radius 2 is 2.03 bits per heavy atom. The van der Waals surface area contributed by atoms with Crippen molar-refractivity contribution in [3.8, 4) is 17.2 Å². The fraction of sp³-hybridized carbons (Fsp3) is 0.480. The Hall–Kier alpha value is -2.94. The molecule has 5 atom stereocenters. The third-order valence-electron chi connectivity index (χ3n) is 4.50. The zero-order valence-electron chi connectivity index (χ0n) is 28.2. The molecule has 1 fully saturated rings. The molecule has 0 saturated carbocycles. The standard InChI is InChI=1S/C25H31NO7S/c1-15(2)31-17-10-16(27)11-19(12-17)34(29,30)18-6-7-20-21-8-9-26(24(28)33-25(3,4)5)14-23(21)32-22(20)13-18/h6-7,10-13,15,21,23,27H,8-9,14H2,1-5H3/i6D,7D,8D,9D,11D,13D,14D,21D,23D. The number of piperidine rings is 1. The number of carbonyl (C=O) groups excluding carboxylic acids is 1. The molecule has 5 unspecified atom stereocenters. The Morgan fingerprint density at radius 1 is 1.29 bits per heavy atom. The lowest BCUT2D eigenvalue weighted by atomic mass is 9.89. The van der Waals surface area contributed by atoms with Gasteiger partial charge in [0, 0.05) is 28.2 Å². The molecule has 0 spiro atoms. The van der Waals surface area contributed by atoms with Gasteiger partial charge in [0.25, 0.3) is 0 Å². The van der Waals surface area contributed by atoms with Gasteiger partial charge >= 0.3 is 6.09 Å². The topological polar surface area (TPSA) is 102 Å². The Labute approximate surface area is 213 Å². The smallest absolute Gasteiger partial charge is 0.410 e. The van der Waals surface area contributed by atoms with Crippen LogP contribution in [-0.2, 0) is 14.6 Å². The van der Waals surface area contributed by atoms with Gasteiger partial charge in [-0.15, -0.1) is 0 Å².